The molecule has 2 aliphatic heterocycles. The highest BCUT2D eigenvalue weighted by Crippen LogP contribution is 2.39. The third-order valence-electron chi connectivity index (χ3n) is 4.34. The molecule has 0 radical (unpaired) electrons. The lowest BCUT2D eigenvalue weighted by Gasteiger charge is -2.40. The molecule has 4 heterocycles. The van der Waals surface area contributed by atoms with E-state index in [1.807, 2.05) is 18.4 Å². The van der Waals surface area contributed by atoms with Crippen LogP contribution in [0, 0.1) is 0 Å². The number of nitrogens with two attached hydrogens (primary N) is 1. The number of anilines is 1. The molecule has 0 unspecified atom stereocenters. The molecule has 2 fully saturated rings. The number of rotatable bonds is 1. The van der Waals surface area contributed by atoms with Crippen molar-refractivity contribution in [3.05, 3.63) is 12.7 Å². The summed E-state index contributed by atoms with van der Waals surface area (Å²) in [6, 6.07) is 0.132. The van der Waals surface area contributed by atoms with Gasteiger partial charge in [-0.2, -0.15) is 0 Å². The van der Waals surface area contributed by atoms with Crippen LogP contribution in [0.15, 0.2) is 12.7 Å². The van der Waals surface area contributed by atoms with Crippen LogP contribution in [0.1, 0.15) is 26.3 Å². The molecule has 118 valence electrons. The number of fused-ring (bicyclic) bond motifs is 1. The van der Waals surface area contributed by atoms with Gasteiger partial charge in [0.05, 0.1) is 32.2 Å². The predicted molar refractivity (Wildman–Crippen MR) is 78.1 cm³/mol. The van der Waals surface area contributed by atoms with Gasteiger partial charge in [0.1, 0.15) is 17.4 Å². The summed E-state index contributed by atoms with van der Waals surface area (Å²) in [4.78, 5) is 12.6. The van der Waals surface area contributed by atoms with Crippen molar-refractivity contribution in [3.63, 3.8) is 0 Å². The summed E-state index contributed by atoms with van der Waals surface area (Å²) in [6.07, 6.45) is 3.99. The first-order chi connectivity index (χ1) is 10.5. The Labute approximate surface area is 127 Å². The zero-order chi connectivity index (χ0) is 15.4. The number of imidazole rings is 1. The number of hydrogen-bond donors (Lipinski definition) is 1. The Bertz CT molecular complexity index is 704. The second-order valence-electron chi connectivity index (χ2n) is 6.41. The molecule has 2 aliphatic rings. The summed E-state index contributed by atoms with van der Waals surface area (Å²) in [6.45, 7) is 5.45. The molecule has 0 amide bonds. The van der Waals surface area contributed by atoms with E-state index in [0.717, 1.165) is 12.1 Å². The zero-order valence-electron chi connectivity index (χ0n) is 12.7. The number of hydrogen-bond acceptors (Lipinski definition) is 7. The lowest BCUT2D eigenvalue weighted by atomic mass is 9.98. The number of ether oxygens (including phenoxy) is 3. The quantitative estimate of drug-likeness (QED) is 0.835. The highest BCUT2D eigenvalue weighted by Gasteiger charge is 2.47. The highest BCUT2D eigenvalue weighted by molar-refractivity contribution is 5.81. The summed E-state index contributed by atoms with van der Waals surface area (Å²) < 4.78 is 19.5. The summed E-state index contributed by atoms with van der Waals surface area (Å²) in [5.41, 5.74) is 6.80. The minimum absolute atomic E-state index is 0.132. The van der Waals surface area contributed by atoms with Crippen LogP contribution < -0.4 is 5.73 Å². The van der Waals surface area contributed by atoms with Crippen LogP contribution in [-0.2, 0) is 14.2 Å². The molecule has 2 saturated heterocycles. The van der Waals surface area contributed by atoms with E-state index in [0.29, 0.717) is 31.2 Å². The minimum Gasteiger partial charge on any atom is -0.382 e. The van der Waals surface area contributed by atoms with Crippen molar-refractivity contribution >= 4 is 17.0 Å². The summed E-state index contributed by atoms with van der Waals surface area (Å²) >= 11 is 0. The van der Waals surface area contributed by atoms with E-state index in [2.05, 4.69) is 15.0 Å². The Balaban J connectivity index is 1.59. The smallest absolute Gasteiger partial charge is 0.165 e. The second kappa shape index (κ2) is 4.61. The van der Waals surface area contributed by atoms with Gasteiger partial charge in [0.25, 0.3) is 0 Å². The SMILES string of the molecule is CC1(C)OCC2(CO1)C[C@@H](n1cnc3c(N)ncnc31)CO2. The van der Waals surface area contributed by atoms with Gasteiger partial charge in [-0.05, 0) is 13.8 Å². The van der Waals surface area contributed by atoms with Gasteiger partial charge < -0.3 is 24.5 Å². The van der Waals surface area contributed by atoms with Crippen molar-refractivity contribution in [2.45, 2.75) is 37.7 Å². The summed E-state index contributed by atoms with van der Waals surface area (Å²) in [5.74, 6) is -0.153. The van der Waals surface area contributed by atoms with Crippen LogP contribution in [-0.4, -0.2) is 50.7 Å². The van der Waals surface area contributed by atoms with Crippen LogP contribution in [0.2, 0.25) is 0 Å². The fourth-order valence-electron chi connectivity index (χ4n) is 3.03. The molecule has 1 spiro atoms. The molecule has 1 atom stereocenters. The molecule has 2 aromatic rings. The topological polar surface area (TPSA) is 97.3 Å². The summed E-state index contributed by atoms with van der Waals surface area (Å²) in [5, 5.41) is 0. The normalized spacial score (nSPS) is 26.7. The van der Waals surface area contributed by atoms with E-state index in [1.165, 1.54) is 6.33 Å². The van der Waals surface area contributed by atoms with Gasteiger partial charge in [-0.3, -0.25) is 0 Å². The van der Waals surface area contributed by atoms with E-state index < -0.39 is 11.4 Å². The molecular weight excluding hydrogens is 286 g/mol. The predicted octanol–water partition coefficient (Wildman–Crippen LogP) is 0.892. The molecule has 22 heavy (non-hydrogen) atoms. The van der Waals surface area contributed by atoms with Crippen molar-refractivity contribution in [3.8, 4) is 0 Å². The van der Waals surface area contributed by atoms with E-state index in [4.69, 9.17) is 19.9 Å². The van der Waals surface area contributed by atoms with Gasteiger partial charge in [0, 0.05) is 6.42 Å². The van der Waals surface area contributed by atoms with Gasteiger partial charge >= 0.3 is 0 Å². The molecular formula is C14H19N5O3. The molecule has 0 saturated carbocycles. The fourth-order valence-corrected chi connectivity index (χ4v) is 3.03. The maximum absolute atomic E-state index is 6.02. The Hall–Kier alpha value is -1.77. The number of nitrogens with zero attached hydrogens (tertiary/aromatic N) is 4. The van der Waals surface area contributed by atoms with Gasteiger partial charge in [-0.25, -0.2) is 15.0 Å². The van der Waals surface area contributed by atoms with Crippen LogP contribution in [0.3, 0.4) is 0 Å². The molecule has 4 rings (SSSR count). The van der Waals surface area contributed by atoms with E-state index in [-0.39, 0.29) is 6.04 Å². The van der Waals surface area contributed by atoms with Crippen molar-refractivity contribution in [2.24, 2.45) is 0 Å². The largest absolute Gasteiger partial charge is 0.382 e. The number of nitrogen functional groups attached to an aromatic ring is 1. The van der Waals surface area contributed by atoms with Gasteiger partial charge in [0.15, 0.2) is 17.3 Å². The van der Waals surface area contributed by atoms with Crippen molar-refractivity contribution in [2.75, 3.05) is 25.6 Å². The molecule has 2 aromatic heterocycles. The first kappa shape index (κ1) is 13.9. The van der Waals surface area contributed by atoms with Crippen LogP contribution in [0.25, 0.3) is 11.2 Å². The summed E-state index contributed by atoms with van der Waals surface area (Å²) in [7, 11) is 0. The van der Waals surface area contributed by atoms with Gasteiger partial charge in [-0.1, -0.05) is 0 Å². The van der Waals surface area contributed by atoms with Crippen LogP contribution >= 0.6 is 0 Å². The third kappa shape index (κ3) is 2.15. The van der Waals surface area contributed by atoms with Gasteiger partial charge in [-0.15, -0.1) is 0 Å². The number of aromatic nitrogens is 4. The van der Waals surface area contributed by atoms with Gasteiger partial charge in [0.2, 0.25) is 0 Å². The molecule has 0 aromatic carbocycles. The second-order valence-corrected chi connectivity index (χ2v) is 6.41. The van der Waals surface area contributed by atoms with E-state index >= 15 is 0 Å². The first-order valence-electron chi connectivity index (χ1n) is 7.33. The van der Waals surface area contributed by atoms with E-state index in [1.54, 1.807) is 6.33 Å². The Morgan fingerprint density at radius 2 is 1.95 bits per heavy atom. The maximum Gasteiger partial charge on any atom is 0.165 e. The molecule has 8 nitrogen and oxygen atoms in total. The Morgan fingerprint density at radius 3 is 2.73 bits per heavy atom. The average molecular weight is 305 g/mol. The maximum atomic E-state index is 6.02. The third-order valence-corrected chi connectivity index (χ3v) is 4.34. The molecule has 8 heteroatoms. The monoisotopic (exact) mass is 305 g/mol. The molecule has 0 aliphatic carbocycles. The lowest BCUT2D eigenvalue weighted by molar-refractivity contribution is -0.301. The molecule has 0 bridgehead atoms. The van der Waals surface area contributed by atoms with Crippen molar-refractivity contribution in [1.82, 2.24) is 19.5 Å². The standard InChI is InChI=1S/C14H19N5O3/c1-13(2)21-5-14(6-22-13)3-9(4-20-14)19-8-18-10-11(15)16-7-17-12(10)19/h7-9H,3-6H2,1-2H3,(H2,15,16,17)/t9-/m1/s1. The Kier molecular flexibility index (Phi) is 2.91. The van der Waals surface area contributed by atoms with Crippen molar-refractivity contribution in [1.29, 1.82) is 0 Å². The van der Waals surface area contributed by atoms with Crippen molar-refractivity contribution < 1.29 is 14.2 Å². The molecule has 2 N–H and O–H groups in total. The minimum atomic E-state index is -0.546. The van der Waals surface area contributed by atoms with Crippen LogP contribution in [0.5, 0.6) is 0 Å². The first-order valence-corrected chi connectivity index (χ1v) is 7.33. The lowest BCUT2D eigenvalue weighted by Crippen LogP contribution is -2.50. The highest BCUT2D eigenvalue weighted by atomic mass is 16.7. The van der Waals surface area contributed by atoms with E-state index in [9.17, 15) is 0 Å². The Morgan fingerprint density at radius 1 is 1.18 bits per heavy atom. The van der Waals surface area contributed by atoms with Crippen LogP contribution in [0.4, 0.5) is 5.82 Å². The average Bonchev–Trinajstić information content (AvgIpc) is 3.08. The zero-order valence-corrected chi connectivity index (χ0v) is 12.7. The fraction of sp³-hybridized carbons (Fsp3) is 0.643.